The number of aldehydes is 1. The maximum Gasteiger partial charge on any atom is 0.305 e. The van der Waals surface area contributed by atoms with E-state index in [-0.39, 0.29) is 5.56 Å². The third-order valence-electron chi connectivity index (χ3n) is 4.94. The highest BCUT2D eigenvalue weighted by atomic mass is 16.5. The number of carbonyl (C=O) groups is 5. The molecule has 3 atom stereocenters. The van der Waals surface area contributed by atoms with Crippen molar-refractivity contribution in [1.29, 1.82) is 0 Å². The number of nitrogens with two attached hydrogens (primary N) is 1. The fourth-order valence-corrected chi connectivity index (χ4v) is 3.35. The first-order valence-corrected chi connectivity index (χ1v) is 9.70. The Morgan fingerprint density at radius 3 is 2.65 bits per heavy atom. The van der Waals surface area contributed by atoms with Crippen LogP contribution in [0.4, 0.5) is 5.69 Å². The maximum atomic E-state index is 12.9. The molecule has 1 heterocycles. The Kier molecular flexibility index (Phi) is 7.94. The number of carboxylic acid groups (broad SMARTS) is 1. The van der Waals surface area contributed by atoms with Gasteiger partial charge in [0.2, 0.25) is 11.8 Å². The summed E-state index contributed by atoms with van der Waals surface area (Å²) in [7, 11) is 1.42. The summed E-state index contributed by atoms with van der Waals surface area (Å²) in [5, 5.41) is 13.7. The molecule has 1 fully saturated rings. The predicted molar refractivity (Wildman–Crippen MR) is 109 cm³/mol. The molecule has 1 aromatic carbocycles. The van der Waals surface area contributed by atoms with Crippen molar-refractivity contribution in [3.8, 4) is 5.75 Å². The van der Waals surface area contributed by atoms with Crippen LogP contribution in [0.1, 0.15) is 36.5 Å². The summed E-state index contributed by atoms with van der Waals surface area (Å²) in [4.78, 5) is 61.0. The van der Waals surface area contributed by atoms with Crippen LogP contribution in [0.5, 0.6) is 5.75 Å². The monoisotopic (exact) mass is 434 g/mol. The summed E-state index contributed by atoms with van der Waals surface area (Å²) < 4.78 is 5.09. The fraction of sp³-hybridized carbons (Fsp3) is 0.450. The second-order valence-corrected chi connectivity index (χ2v) is 7.19. The van der Waals surface area contributed by atoms with Gasteiger partial charge in [0.1, 0.15) is 24.1 Å². The van der Waals surface area contributed by atoms with E-state index in [0.717, 1.165) is 0 Å². The standard InChI is InChI=1S/C20H26N4O7/c1-11(22-18(28)12-5-6-14(21)16(8-12)31-2)20(30)24-7-3-4-15(24)19(29)23-13(10-25)9-17(26)27/h5-6,8,10-11,13,15H,3-4,7,9,21H2,1-2H3,(H,22,28)(H,23,29)(H,26,27)/t11-,13-,15-/m0/s1. The van der Waals surface area contributed by atoms with Crippen molar-refractivity contribution in [1.82, 2.24) is 15.5 Å². The largest absolute Gasteiger partial charge is 0.495 e. The summed E-state index contributed by atoms with van der Waals surface area (Å²) in [6.07, 6.45) is 0.723. The van der Waals surface area contributed by atoms with Gasteiger partial charge in [-0.15, -0.1) is 0 Å². The fourth-order valence-electron chi connectivity index (χ4n) is 3.35. The van der Waals surface area contributed by atoms with Gasteiger partial charge in [-0.05, 0) is 38.0 Å². The lowest BCUT2D eigenvalue weighted by Gasteiger charge is -2.27. The number of anilines is 1. The number of carbonyl (C=O) groups excluding carboxylic acids is 4. The number of methoxy groups -OCH3 is 1. The van der Waals surface area contributed by atoms with Crippen molar-refractivity contribution in [2.24, 2.45) is 0 Å². The minimum atomic E-state index is -1.23. The van der Waals surface area contributed by atoms with Crippen LogP contribution < -0.4 is 21.1 Å². The average molecular weight is 434 g/mol. The Bertz CT molecular complexity index is 873. The van der Waals surface area contributed by atoms with Crippen molar-refractivity contribution >= 4 is 35.7 Å². The van der Waals surface area contributed by atoms with Crippen LogP contribution in [0.25, 0.3) is 0 Å². The number of ether oxygens (including phenoxy) is 1. The molecule has 0 spiro atoms. The molecule has 3 amide bonds. The number of aliphatic carboxylic acids is 1. The van der Waals surface area contributed by atoms with Crippen LogP contribution in [0, 0.1) is 0 Å². The molecule has 1 saturated heterocycles. The summed E-state index contributed by atoms with van der Waals surface area (Å²) >= 11 is 0. The van der Waals surface area contributed by atoms with Crippen molar-refractivity contribution in [3.05, 3.63) is 23.8 Å². The molecular weight excluding hydrogens is 408 g/mol. The number of hydrogen-bond donors (Lipinski definition) is 4. The number of likely N-dealkylation sites (tertiary alicyclic amines) is 1. The minimum absolute atomic E-state index is 0.254. The quantitative estimate of drug-likeness (QED) is 0.299. The zero-order valence-corrected chi connectivity index (χ0v) is 17.3. The van der Waals surface area contributed by atoms with E-state index < -0.39 is 48.2 Å². The van der Waals surface area contributed by atoms with Crippen molar-refractivity contribution in [2.45, 2.75) is 44.3 Å². The van der Waals surface area contributed by atoms with Gasteiger partial charge >= 0.3 is 5.97 Å². The molecule has 168 valence electrons. The Labute approximate surface area is 178 Å². The molecule has 31 heavy (non-hydrogen) atoms. The van der Waals surface area contributed by atoms with Gasteiger partial charge in [0, 0.05) is 12.1 Å². The zero-order chi connectivity index (χ0) is 23.1. The molecule has 11 nitrogen and oxygen atoms in total. The topological polar surface area (TPSA) is 168 Å². The van der Waals surface area contributed by atoms with E-state index in [0.29, 0.717) is 37.1 Å². The van der Waals surface area contributed by atoms with Gasteiger partial charge in [0.15, 0.2) is 0 Å². The highest BCUT2D eigenvalue weighted by Crippen LogP contribution is 2.22. The Morgan fingerprint density at radius 2 is 2.03 bits per heavy atom. The Hall–Kier alpha value is -3.63. The van der Waals surface area contributed by atoms with E-state index in [1.54, 1.807) is 0 Å². The number of carboxylic acids is 1. The lowest BCUT2D eigenvalue weighted by Crippen LogP contribution is -2.54. The summed E-state index contributed by atoms with van der Waals surface area (Å²) in [6.45, 7) is 1.80. The first-order valence-electron chi connectivity index (χ1n) is 9.70. The highest BCUT2D eigenvalue weighted by Gasteiger charge is 2.37. The second-order valence-electron chi connectivity index (χ2n) is 7.19. The number of amides is 3. The number of hydrogen-bond acceptors (Lipinski definition) is 7. The number of rotatable bonds is 9. The Morgan fingerprint density at radius 1 is 1.32 bits per heavy atom. The van der Waals surface area contributed by atoms with Gasteiger partial charge < -0.3 is 35.9 Å². The third-order valence-corrected chi connectivity index (χ3v) is 4.94. The molecule has 5 N–H and O–H groups in total. The normalized spacial score (nSPS) is 17.4. The molecule has 1 aliphatic heterocycles. The van der Waals surface area contributed by atoms with Gasteiger partial charge in [0.25, 0.3) is 5.91 Å². The molecular formula is C20H26N4O7. The number of nitrogen functional groups attached to an aromatic ring is 1. The average Bonchev–Trinajstić information content (AvgIpc) is 3.22. The molecule has 11 heteroatoms. The number of nitrogens with one attached hydrogen (secondary N) is 2. The van der Waals surface area contributed by atoms with Gasteiger partial charge in [-0.25, -0.2) is 0 Å². The molecule has 0 radical (unpaired) electrons. The van der Waals surface area contributed by atoms with E-state index in [2.05, 4.69) is 10.6 Å². The predicted octanol–water partition coefficient (Wildman–Crippen LogP) is -0.455. The Balaban J connectivity index is 2.03. The van der Waals surface area contributed by atoms with Crippen LogP contribution in [0.15, 0.2) is 18.2 Å². The molecule has 2 rings (SSSR count). The van der Waals surface area contributed by atoms with Crippen LogP contribution in [0.2, 0.25) is 0 Å². The van der Waals surface area contributed by atoms with E-state index in [9.17, 15) is 24.0 Å². The van der Waals surface area contributed by atoms with Crippen molar-refractivity contribution < 1.29 is 33.8 Å². The molecule has 0 saturated carbocycles. The zero-order valence-electron chi connectivity index (χ0n) is 17.3. The molecule has 0 unspecified atom stereocenters. The van der Waals surface area contributed by atoms with Crippen LogP contribution in [-0.2, 0) is 19.2 Å². The van der Waals surface area contributed by atoms with Crippen LogP contribution in [0.3, 0.4) is 0 Å². The lowest BCUT2D eigenvalue weighted by atomic mass is 10.1. The van der Waals surface area contributed by atoms with E-state index in [4.69, 9.17) is 15.6 Å². The van der Waals surface area contributed by atoms with E-state index in [1.807, 2.05) is 0 Å². The molecule has 0 aliphatic carbocycles. The van der Waals surface area contributed by atoms with Gasteiger partial charge in [0.05, 0.1) is 25.3 Å². The van der Waals surface area contributed by atoms with Gasteiger partial charge in [-0.2, -0.15) is 0 Å². The summed E-state index contributed by atoms with van der Waals surface area (Å²) in [5.74, 6) is -2.48. The van der Waals surface area contributed by atoms with Crippen molar-refractivity contribution in [2.75, 3.05) is 19.4 Å². The SMILES string of the molecule is COc1cc(C(=O)N[C@@H](C)C(=O)N2CCC[C@H]2C(=O)N[C@H](C=O)CC(=O)O)ccc1N. The number of nitrogens with zero attached hydrogens (tertiary/aromatic N) is 1. The first-order chi connectivity index (χ1) is 14.7. The van der Waals surface area contributed by atoms with Crippen LogP contribution >= 0.6 is 0 Å². The number of benzene rings is 1. The van der Waals surface area contributed by atoms with Gasteiger partial charge in [-0.1, -0.05) is 0 Å². The minimum Gasteiger partial charge on any atom is -0.495 e. The van der Waals surface area contributed by atoms with Crippen LogP contribution in [-0.4, -0.2) is 71.8 Å². The maximum absolute atomic E-state index is 12.9. The smallest absolute Gasteiger partial charge is 0.305 e. The van der Waals surface area contributed by atoms with E-state index >= 15 is 0 Å². The lowest BCUT2D eigenvalue weighted by molar-refractivity contribution is -0.141. The summed E-state index contributed by atoms with van der Waals surface area (Å²) in [5.41, 5.74) is 6.36. The second kappa shape index (κ2) is 10.4. The first kappa shape index (κ1) is 23.6. The van der Waals surface area contributed by atoms with Crippen molar-refractivity contribution in [3.63, 3.8) is 0 Å². The summed E-state index contributed by atoms with van der Waals surface area (Å²) in [6, 6.07) is 1.51. The third kappa shape index (κ3) is 5.93. The van der Waals surface area contributed by atoms with Gasteiger partial charge in [-0.3, -0.25) is 19.2 Å². The highest BCUT2D eigenvalue weighted by molar-refractivity contribution is 5.99. The molecule has 0 bridgehead atoms. The van der Waals surface area contributed by atoms with E-state index in [1.165, 1.54) is 37.1 Å². The molecule has 0 aromatic heterocycles. The molecule has 1 aliphatic rings. The molecule has 1 aromatic rings.